The minimum Gasteiger partial charge on any atom is -0.444 e. The Morgan fingerprint density at radius 1 is 1.44 bits per heavy atom. The predicted octanol–water partition coefficient (Wildman–Crippen LogP) is 1.26. The Morgan fingerprint density at radius 3 is 2.83 bits per heavy atom. The number of hydrazine groups is 1. The number of carbonyl (C=O) groups is 1. The van der Waals surface area contributed by atoms with Crippen molar-refractivity contribution in [3.05, 3.63) is 11.3 Å². The van der Waals surface area contributed by atoms with Crippen LogP contribution in [-0.2, 0) is 9.57 Å². The van der Waals surface area contributed by atoms with Gasteiger partial charge < -0.3 is 9.64 Å². The summed E-state index contributed by atoms with van der Waals surface area (Å²) in [7, 11) is 1.80. The van der Waals surface area contributed by atoms with Gasteiger partial charge in [0.1, 0.15) is 5.60 Å². The molecule has 0 aromatic heterocycles. The van der Waals surface area contributed by atoms with E-state index >= 15 is 0 Å². The summed E-state index contributed by atoms with van der Waals surface area (Å²) in [5.41, 5.74) is 4.93. The molecule has 102 valence electrons. The van der Waals surface area contributed by atoms with E-state index in [0.29, 0.717) is 19.7 Å². The summed E-state index contributed by atoms with van der Waals surface area (Å²) in [6, 6.07) is 0. The van der Waals surface area contributed by atoms with E-state index in [1.807, 2.05) is 20.8 Å². The monoisotopic (exact) mass is 255 g/mol. The molecule has 2 rings (SSSR count). The molecular formula is C12H21N3O3. The largest absolute Gasteiger partial charge is 0.444 e. The lowest BCUT2D eigenvalue weighted by molar-refractivity contribution is -0.174. The van der Waals surface area contributed by atoms with Crippen LogP contribution in [0, 0.1) is 0 Å². The number of nitrogens with zero attached hydrogens (tertiary/aromatic N) is 2. The fourth-order valence-electron chi connectivity index (χ4n) is 1.96. The Balaban J connectivity index is 1.99. The van der Waals surface area contributed by atoms with Gasteiger partial charge in [0.2, 0.25) is 0 Å². The molecule has 0 aromatic rings. The molecule has 2 heterocycles. The molecule has 18 heavy (non-hydrogen) atoms. The third-order valence-corrected chi connectivity index (χ3v) is 2.84. The van der Waals surface area contributed by atoms with Crippen molar-refractivity contribution in [1.29, 1.82) is 0 Å². The van der Waals surface area contributed by atoms with Gasteiger partial charge in [0.25, 0.3) is 0 Å². The van der Waals surface area contributed by atoms with Gasteiger partial charge in [-0.25, -0.2) is 4.79 Å². The minimum absolute atomic E-state index is 0.259. The van der Waals surface area contributed by atoms with Crippen LogP contribution >= 0.6 is 0 Å². The van der Waals surface area contributed by atoms with Crippen LogP contribution in [0.3, 0.4) is 0 Å². The number of carbonyl (C=O) groups excluding carboxylic acids is 1. The fraction of sp³-hybridized carbons (Fsp3) is 0.750. The second-order valence-corrected chi connectivity index (χ2v) is 5.62. The molecule has 1 amide bonds. The maximum absolute atomic E-state index is 12.0. The van der Waals surface area contributed by atoms with Crippen LogP contribution in [0.2, 0.25) is 0 Å². The van der Waals surface area contributed by atoms with E-state index in [4.69, 9.17) is 9.57 Å². The van der Waals surface area contributed by atoms with Crippen LogP contribution in [0.5, 0.6) is 0 Å². The van der Waals surface area contributed by atoms with E-state index in [1.54, 1.807) is 17.1 Å². The fourth-order valence-corrected chi connectivity index (χ4v) is 1.96. The second kappa shape index (κ2) is 4.78. The topological polar surface area (TPSA) is 54.0 Å². The van der Waals surface area contributed by atoms with Crippen molar-refractivity contribution >= 4 is 6.09 Å². The third-order valence-electron chi connectivity index (χ3n) is 2.84. The van der Waals surface area contributed by atoms with Gasteiger partial charge in [-0.3, -0.25) is 10.3 Å². The van der Waals surface area contributed by atoms with Crippen LogP contribution in [0.1, 0.15) is 27.2 Å². The molecule has 0 saturated heterocycles. The van der Waals surface area contributed by atoms with Crippen molar-refractivity contribution in [2.75, 3.05) is 26.7 Å². The molecule has 6 nitrogen and oxygen atoms in total. The predicted molar refractivity (Wildman–Crippen MR) is 66.3 cm³/mol. The molecule has 0 aromatic carbocycles. The van der Waals surface area contributed by atoms with E-state index in [-0.39, 0.29) is 6.09 Å². The summed E-state index contributed by atoms with van der Waals surface area (Å²) < 4.78 is 5.38. The average Bonchev–Trinajstić information content (AvgIpc) is 2.25. The highest BCUT2D eigenvalue weighted by molar-refractivity contribution is 5.69. The summed E-state index contributed by atoms with van der Waals surface area (Å²) in [5, 5.41) is 1.57. The van der Waals surface area contributed by atoms with E-state index in [0.717, 1.165) is 12.1 Å². The molecule has 0 fully saturated rings. The third kappa shape index (κ3) is 3.14. The van der Waals surface area contributed by atoms with Gasteiger partial charge in [0.15, 0.2) is 0 Å². The SMILES string of the molecule is CN1NC2=C(CCN(C(=O)OC(C)(C)C)C2)CO1. The molecule has 6 heteroatoms. The Kier molecular flexibility index (Phi) is 3.49. The van der Waals surface area contributed by atoms with E-state index < -0.39 is 5.60 Å². The quantitative estimate of drug-likeness (QED) is 0.706. The van der Waals surface area contributed by atoms with Crippen molar-refractivity contribution in [2.45, 2.75) is 32.8 Å². The zero-order chi connectivity index (χ0) is 13.3. The first-order valence-corrected chi connectivity index (χ1v) is 6.17. The molecule has 0 unspecified atom stereocenters. The summed E-state index contributed by atoms with van der Waals surface area (Å²) in [6.45, 7) is 7.46. The molecule has 0 bridgehead atoms. The Hall–Kier alpha value is -1.27. The molecule has 2 aliphatic heterocycles. The maximum atomic E-state index is 12.0. The number of rotatable bonds is 0. The van der Waals surface area contributed by atoms with Crippen LogP contribution < -0.4 is 5.43 Å². The number of hydrogen-bond donors (Lipinski definition) is 1. The van der Waals surface area contributed by atoms with E-state index in [1.165, 1.54) is 5.57 Å². The molecule has 0 saturated carbocycles. The maximum Gasteiger partial charge on any atom is 0.410 e. The number of hydroxylamine groups is 1. The van der Waals surface area contributed by atoms with Gasteiger partial charge in [-0.2, -0.15) is 0 Å². The standard InChI is InChI=1S/C12H21N3O3/c1-12(2,3)18-11(16)15-6-5-9-8-17-14(4)13-10(9)7-15/h13H,5-8H2,1-4H3. The lowest BCUT2D eigenvalue weighted by atomic mass is 10.1. The summed E-state index contributed by atoms with van der Waals surface area (Å²) in [5.74, 6) is 0. The van der Waals surface area contributed by atoms with Gasteiger partial charge in [0.05, 0.1) is 13.2 Å². The number of amides is 1. The first kappa shape index (κ1) is 13.2. The van der Waals surface area contributed by atoms with Gasteiger partial charge in [-0.1, -0.05) is 0 Å². The highest BCUT2D eigenvalue weighted by Gasteiger charge is 2.29. The number of ether oxygens (including phenoxy) is 1. The van der Waals surface area contributed by atoms with Crippen molar-refractivity contribution in [3.63, 3.8) is 0 Å². The van der Waals surface area contributed by atoms with Crippen molar-refractivity contribution in [3.8, 4) is 0 Å². The van der Waals surface area contributed by atoms with Gasteiger partial charge in [-0.15, -0.1) is 5.17 Å². The Bertz CT molecular complexity index is 373. The zero-order valence-electron chi connectivity index (χ0n) is 11.4. The lowest BCUT2D eigenvalue weighted by Gasteiger charge is -2.37. The molecule has 0 spiro atoms. The highest BCUT2D eigenvalue weighted by Crippen LogP contribution is 2.21. The second-order valence-electron chi connectivity index (χ2n) is 5.62. The summed E-state index contributed by atoms with van der Waals surface area (Å²) in [4.78, 5) is 19.0. The minimum atomic E-state index is -0.453. The Labute approximate surface area is 107 Å². The van der Waals surface area contributed by atoms with Crippen LogP contribution in [0.4, 0.5) is 4.79 Å². The van der Waals surface area contributed by atoms with E-state index in [2.05, 4.69) is 5.43 Å². The van der Waals surface area contributed by atoms with E-state index in [9.17, 15) is 4.79 Å². The zero-order valence-corrected chi connectivity index (χ0v) is 11.4. The van der Waals surface area contributed by atoms with Gasteiger partial charge >= 0.3 is 6.09 Å². The van der Waals surface area contributed by atoms with Crippen molar-refractivity contribution < 1.29 is 14.4 Å². The summed E-state index contributed by atoms with van der Waals surface area (Å²) >= 11 is 0. The molecule has 0 aliphatic carbocycles. The number of hydrogen-bond acceptors (Lipinski definition) is 5. The lowest BCUT2D eigenvalue weighted by Crippen LogP contribution is -2.49. The first-order valence-electron chi connectivity index (χ1n) is 6.17. The molecule has 0 atom stereocenters. The van der Waals surface area contributed by atoms with Crippen LogP contribution in [0.25, 0.3) is 0 Å². The first-order chi connectivity index (χ1) is 8.35. The average molecular weight is 255 g/mol. The van der Waals surface area contributed by atoms with Gasteiger partial charge in [0, 0.05) is 19.3 Å². The van der Waals surface area contributed by atoms with Crippen molar-refractivity contribution in [1.82, 2.24) is 15.5 Å². The van der Waals surface area contributed by atoms with Crippen LogP contribution in [-0.4, -0.2) is 48.5 Å². The molecule has 0 radical (unpaired) electrons. The summed E-state index contributed by atoms with van der Waals surface area (Å²) in [6.07, 6.45) is 0.570. The number of nitrogens with one attached hydrogen (secondary N) is 1. The Morgan fingerprint density at radius 2 is 2.17 bits per heavy atom. The molecule has 2 aliphatic rings. The van der Waals surface area contributed by atoms with Crippen molar-refractivity contribution in [2.24, 2.45) is 0 Å². The molecular weight excluding hydrogens is 234 g/mol. The van der Waals surface area contributed by atoms with Crippen LogP contribution in [0.15, 0.2) is 11.3 Å². The highest BCUT2D eigenvalue weighted by atomic mass is 16.7. The van der Waals surface area contributed by atoms with Gasteiger partial charge in [-0.05, 0) is 32.8 Å². The normalized spacial score (nSPS) is 21.4. The molecule has 1 N–H and O–H groups in total. The smallest absolute Gasteiger partial charge is 0.410 e.